The van der Waals surface area contributed by atoms with Crippen molar-refractivity contribution >= 4 is 17.6 Å². The molecule has 1 aromatic carbocycles. The number of likely N-dealkylation sites (tertiary alicyclic amines) is 1. The molecule has 0 bridgehead atoms. The second-order valence-electron chi connectivity index (χ2n) is 5.27. The number of aliphatic carboxylic acids is 1. The lowest BCUT2D eigenvalue weighted by atomic mass is 9.97. The zero-order chi connectivity index (χ0) is 17.0. The van der Waals surface area contributed by atoms with Crippen LogP contribution >= 0.6 is 0 Å². The van der Waals surface area contributed by atoms with Gasteiger partial charge >= 0.3 is 5.97 Å². The van der Waals surface area contributed by atoms with Crippen LogP contribution in [-0.2, 0) is 4.79 Å². The fourth-order valence-corrected chi connectivity index (χ4v) is 2.68. The number of carboxylic acid groups (broad SMARTS) is 1. The van der Waals surface area contributed by atoms with Gasteiger partial charge in [0, 0.05) is 19.2 Å². The van der Waals surface area contributed by atoms with Crippen molar-refractivity contribution in [3.63, 3.8) is 0 Å². The van der Waals surface area contributed by atoms with Crippen molar-refractivity contribution in [1.29, 1.82) is 0 Å². The molecular weight excluding hydrogens is 304 g/mol. The second-order valence-corrected chi connectivity index (χ2v) is 5.27. The molecule has 8 nitrogen and oxygen atoms in total. The van der Waals surface area contributed by atoms with E-state index in [2.05, 4.69) is 0 Å². The fourth-order valence-electron chi connectivity index (χ4n) is 2.68. The molecule has 1 saturated heterocycles. The van der Waals surface area contributed by atoms with Crippen molar-refractivity contribution in [1.82, 2.24) is 4.90 Å². The van der Waals surface area contributed by atoms with Crippen LogP contribution in [0.3, 0.4) is 0 Å². The molecule has 1 aromatic rings. The van der Waals surface area contributed by atoms with Crippen LogP contribution in [0.2, 0.25) is 0 Å². The third kappa shape index (κ3) is 3.58. The summed E-state index contributed by atoms with van der Waals surface area (Å²) in [5.41, 5.74) is -0.455. The Morgan fingerprint density at radius 3 is 2.83 bits per heavy atom. The molecule has 124 valence electrons. The molecule has 0 radical (unpaired) electrons. The SMILES string of the molecule is CCOc1cccc([N+](=O)[O-])c1C(=O)N1CCCC(C(=O)O)C1. The lowest BCUT2D eigenvalue weighted by Gasteiger charge is -2.31. The lowest BCUT2D eigenvalue weighted by molar-refractivity contribution is -0.385. The van der Waals surface area contributed by atoms with Crippen molar-refractivity contribution in [2.45, 2.75) is 19.8 Å². The number of nitro benzene ring substituents is 1. The Labute approximate surface area is 132 Å². The van der Waals surface area contributed by atoms with Gasteiger partial charge in [0.1, 0.15) is 5.75 Å². The maximum Gasteiger partial charge on any atom is 0.308 e. The highest BCUT2D eigenvalue weighted by Crippen LogP contribution is 2.31. The van der Waals surface area contributed by atoms with Gasteiger partial charge in [0.25, 0.3) is 11.6 Å². The van der Waals surface area contributed by atoms with Crippen molar-refractivity contribution in [2.75, 3.05) is 19.7 Å². The number of carbonyl (C=O) groups is 2. The number of benzene rings is 1. The minimum absolute atomic E-state index is 0.0474. The van der Waals surface area contributed by atoms with E-state index in [1.807, 2.05) is 0 Å². The van der Waals surface area contributed by atoms with E-state index in [0.29, 0.717) is 19.4 Å². The standard InChI is InChI=1S/C15H18N2O6/c1-2-23-12-7-3-6-11(17(21)22)13(12)14(18)16-8-4-5-10(9-16)15(19)20/h3,6-7,10H,2,4-5,8-9H2,1H3,(H,19,20). The van der Waals surface area contributed by atoms with Crippen LogP contribution in [0.1, 0.15) is 30.1 Å². The van der Waals surface area contributed by atoms with Gasteiger partial charge in [-0.05, 0) is 25.8 Å². The maximum absolute atomic E-state index is 12.7. The second kappa shape index (κ2) is 7.08. The van der Waals surface area contributed by atoms with Gasteiger partial charge in [-0.15, -0.1) is 0 Å². The Balaban J connectivity index is 2.37. The number of carbonyl (C=O) groups excluding carboxylic acids is 1. The molecular formula is C15H18N2O6. The smallest absolute Gasteiger partial charge is 0.308 e. The van der Waals surface area contributed by atoms with E-state index >= 15 is 0 Å². The number of hydrogen-bond acceptors (Lipinski definition) is 5. The molecule has 0 spiro atoms. The summed E-state index contributed by atoms with van der Waals surface area (Å²) in [6.07, 6.45) is 1.04. The molecule has 1 aliphatic heterocycles. The van der Waals surface area contributed by atoms with Gasteiger partial charge in [-0.2, -0.15) is 0 Å². The van der Waals surface area contributed by atoms with Crippen molar-refractivity contribution < 1.29 is 24.4 Å². The van der Waals surface area contributed by atoms with E-state index in [1.54, 1.807) is 6.92 Å². The third-order valence-electron chi connectivity index (χ3n) is 3.77. The van der Waals surface area contributed by atoms with Crippen LogP contribution in [0.5, 0.6) is 5.75 Å². The third-order valence-corrected chi connectivity index (χ3v) is 3.77. The first kappa shape index (κ1) is 16.7. The molecule has 23 heavy (non-hydrogen) atoms. The van der Waals surface area contributed by atoms with Gasteiger partial charge in [0.05, 0.1) is 17.4 Å². The van der Waals surface area contributed by atoms with E-state index < -0.39 is 22.7 Å². The highest BCUT2D eigenvalue weighted by atomic mass is 16.6. The largest absolute Gasteiger partial charge is 0.493 e. The highest BCUT2D eigenvalue weighted by molar-refractivity contribution is 6.01. The van der Waals surface area contributed by atoms with Gasteiger partial charge in [-0.3, -0.25) is 19.7 Å². The normalized spacial score (nSPS) is 17.6. The monoisotopic (exact) mass is 322 g/mol. The molecule has 0 saturated carbocycles. The highest BCUT2D eigenvalue weighted by Gasteiger charge is 2.33. The predicted molar refractivity (Wildman–Crippen MR) is 80.5 cm³/mol. The van der Waals surface area contributed by atoms with Crippen LogP contribution in [0.15, 0.2) is 18.2 Å². The summed E-state index contributed by atoms with van der Waals surface area (Å²) in [5.74, 6) is -2.03. The molecule has 1 aliphatic rings. The maximum atomic E-state index is 12.7. The first-order valence-electron chi connectivity index (χ1n) is 7.38. The van der Waals surface area contributed by atoms with Crippen molar-refractivity contribution in [2.24, 2.45) is 5.92 Å². The number of hydrogen-bond donors (Lipinski definition) is 1. The molecule has 8 heteroatoms. The predicted octanol–water partition coefficient (Wildman–Crippen LogP) is 1.93. The minimum atomic E-state index is -0.963. The summed E-state index contributed by atoms with van der Waals surface area (Å²) < 4.78 is 5.35. The van der Waals surface area contributed by atoms with Crippen LogP contribution in [0, 0.1) is 16.0 Å². The van der Waals surface area contributed by atoms with Gasteiger partial charge < -0.3 is 14.7 Å². The summed E-state index contributed by atoms with van der Waals surface area (Å²) in [6.45, 7) is 2.40. The Morgan fingerprint density at radius 2 is 2.22 bits per heavy atom. The summed E-state index contributed by atoms with van der Waals surface area (Å²) in [7, 11) is 0. The van der Waals surface area contributed by atoms with E-state index in [-0.39, 0.29) is 30.2 Å². The molecule has 1 N–H and O–H groups in total. The summed E-state index contributed by atoms with van der Waals surface area (Å²) in [6, 6.07) is 4.20. The van der Waals surface area contributed by atoms with Crippen LogP contribution in [0.4, 0.5) is 5.69 Å². The Morgan fingerprint density at radius 1 is 1.48 bits per heavy atom. The lowest BCUT2D eigenvalue weighted by Crippen LogP contribution is -2.42. The molecule has 0 aliphatic carbocycles. The van der Waals surface area contributed by atoms with Gasteiger partial charge in [0.15, 0.2) is 5.56 Å². The number of piperidine rings is 1. The Hall–Kier alpha value is -2.64. The molecule has 1 unspecified atom stereocenters. The molecule has 1 amide bonds. The first-order chi connectivity index (χ1) is 11.0. The Kier molecular flexibility index (Phi) is 5.15. The number of rotatable bonds is 5. The zero-order valence-electron chi connectivity index (χ0n) is 12.7. The van der Waals surface area contributed by atoms with E-state index in [0.717, 1.165) is 0 Å². The van der Waals surface area contributed by atoms with Crippen LogP contribution in [0.25, 0.3) is 0 Å². The average Bonchev–Trinajstić information content (AvgIpc) is 2.54. The number of nitrogens with zero attached hydrogens (tertiary/aromatic N) is 2. The summed E-state index contributed by atoms with van der Waals surface area (Å²) in [4.78, 5) is 35.8. The Bertz CT molecular complexity index is 630. The average molecular weight is 322 g/mol. The molecule has 2 rings (SSSR count). The fraction of sp³-hybridized carbons (Fsp3) is 0.467. The van der Waals surface area contributed by atoms with E-state index in [4.69, 9.17) is 9.84 Å². The van der Waals surface area contributed by atoms with Crippen molar-refractivity contribution in [3.05, 3.63) is 33.9 Å². The zero-order valence-corrected chi connectivity index (χ0v) is 12.7. The van der Waals surface area contributed by atoms with Gasteiger partial charge in [-0.1, -0.05) is 6.07 Å². The number of carboxylic acids is 1. The van der Waals surface area contributed by atoms with Crippen LogP contribution in [-0.4, -0.2) is 46.5 Å². The van der Waals surface area contributed by atoms with Gasteiger partial charge in [-0.25, -0.2) is 0 Å². The molecule has 1 fully saturated rings. The van der Waals surface area contributed by atoms with E-state index in [9.17, 15) is 19.7 Å². The summed E-state index contributed by atoms with van der Waals surface area (Å²) in [5, 5.41) is 20.3. The molecule has 1 atom stereocenters. The quantitative estimate of drug-likeness (QED) is 0.655. The van der Waals surface area contributed by atoms with Gasteiger partial charge in [0.2, 0.25) is 0 Å². The van der Waals surface area contributed by atoms with E-state index in [1.165, 1.54) is 23.1 Å². The van der Waals surface area contributed by atoms with Crippen LogP contribution < -0.4 is 4.74 Å². The topological polar surface area (TPSA) is 110 Å². The number of amides is 1. The molecule has 1 heterocycles. The first-order valence-corrected chi connectivity index (χ1v) is 7.38. The molecule has 0 aromatic heterocycles. The minimum Gasteiger partial charge on any atom is -0.493 e. The number of ether oxygens (including phenoxy) is 1. The van der Waals surface area contributed by atoms with Crippen molar-refractivity contribution in [3.8, 4) is 5.75 Å². The summed E-state index contributed by atoms with van der Waals surface area (Å²) >= 11 is 0. The number of nitro groups is 1.